The van der Waals surface area contributed by atoms with Crippen LogP contribution in [-0.4, -0.2) is 77.9 Å². The molecule has 2 unspecified atom stereocenters. The number of amides is 2. The Hall–Kier alpha value is -2.24. The van der Waals surface area contributed by atoms with Crippen molar-refractivity contribution in [3.05, 3.63) is 29.3 Å². The van der Waals surface area contributed by atoms with Crippen molar-refractivity contribution in [3.63, 3.8) is 0 Å². The van der Waals surface area contributed by atoms with Gasteiger partial charge >= 0.3 is 0 Å². The molecule has 2 amide bonds. The normalized spacial score (nSPS) is 25.7. The molecule has 2 fully saturated rings. The summed E-state index contributed by atoms with van der Waals surface area (Å²) in [7, 11) is 1.57. The van der Waals surface area contributed by atoms with E-state index in [1.165, 1.54) is 0 Å². The van der Waals surface area contributed by atoms with Crippen molar-refractivity contribution in [1.29, 1.82) is 0 Å². The third-order valence-electron chi connectivity index (χ3n) is 6.84. The van der Waals surface area contributed by atoms with E-state index in [9.17, 15) is 19.8 Å². The van der Waals surface area contributed by atoms with Gasteiger partial charge in [0.1, 0.15) is 18.0 Å². The smallest absolute Gasteiger partial charge is 0.243 e. The highest BCUT2D eigenvalue weighted by molar-refractivity contribution is 5.90. The topological polar surface area (TPSA) is 130 Å². The van der Waals surface area contributed by atoms with Crippen molar-refractivity contribution < 1.29 is 34.0 Å². The highest BCUT2D eigenvalue weighted by Crippen LogP contribution is 2.27. The predicted octanol–water partition coefficient (Wildman–Crippen LogP) is 1.58. The van der Waals surface area contributed by atoms with Crippen LogP contribution in [-0.2, 0) is 19.1 Å². The van der Waals surface area contributed by atoms with Crippen molar-refractivity contribution >= 4 is 11.8 Å². The van der Waals surface area contributed by atoms with Gasteiger partial charge in [0.05, 0.1) is 19.2 Å². The average Bonchev–Trinajstić information content (AvgIpc) is 3.47. The molecule has 3 rings (SSSR count). The summed E-state index contributed by atoms with van der Waals surface area (Å²) in [5.41, 5.74) is 1.41. The number of carbonyl (C=O) groups is 2. The molecule has 0 saturated carbocycles. The third-order valence-corrected chi connectivity index (χ3v) is 6.84. The number of aliphatic hydroxyl groups is 2. The van der Waals surface area contributed by atoms with Gasteiger partial charge in [0, 0.05) is 25.1 Å². The zero-order chi connectivity index (χ0) is 26.4. The maximum atomic E-state index is 13.6. The van der Waals surface area contributed by atoms with Crippen molar-refractivity contribution in [1.82, 2.24) is 15.5 Å². The fourth-order valence-corrected chi connectivity index (χ4v) is 4.87. The average molecular weight is 508 g/mol. The van der Waals surface area contributed by atoms with Gasteiger partial charge in [0.15, 0.2) is 12.6 Å². The zero-order valence-corrected chi connectivity index (χ0v) is 21.9. The Labute approximate surface area is 213 Å². The molecule has 0 bridgehead atoms. The van der Waals surface area contributed by atoms with E-state index < -0.39 is 36.9 Å². The second-order valence-corrected chi connectivity index (χ2v) is 9.84. The molecule has 0 radical (unpaired) electrons. The van der Waals surface area contributed by atoms with E-state index in [0.717, 1.165) is 12.0 Å². The first-order chi connectivity index (χ1) is 17.2. The molecule has 202 valence electrons. The first-order valence-corrected chi connectivity index (χ1v) is 12.8. The molecular formula is C26H41N3O7. The quantitative estimate of drug-likeness (QED) is 0.332. The molecule has 2 aliphatic rings. The summed E-state index contributed by atoms with van der Waals surface area (Å²) in [6.07, 6.45) is -0.562. The monoisotopic (exact) mass is 507 g/mol. The highest BCUT2D eigenvalue weighted by atomic mass is 16.7. The van der Waals surface area contributed by atoms with Crippen LogP contribution in [0.5, 0.6) is 5.75 Å². The minimum Gasteiger partial charge on any atom is -0.496 e. The lowest BCUT2D eigenvalue weighted by molar-refractivity contribution is -0.190. The maximum absolute atomic E-state index is 13.6. The van der Waals surface area contributed by atoms with Gasteiger partial charge in [-0.1, -0.05) is 32.9 Å². The van der Waals surface area contributed by atoms with E-state index in [2.05, 4.69) is 10.6 Å². The number of nitrogens with zero attached hydrogens (tertiary/aromatic N) is 1. The maximum Gasteiger partial charge on any atom is 0.243 e. The molecule has 0 aliphatic carbocycles. The molecular weight excluding hydrogens is 466 g/mol. The van der Waals surface area contributed by atoms with Gasteiger partial charge < -0.3 is 34.6 Å². The van der Waals surface area contributed by atoms with Crippen LogP contribution in [0.1, 0.15) is 63.8 Å². The Morgan fingerprint density at radius 3 is 2.72 bits per heavy atom. The Kier molecular flexibility index (Phi) is 10.1. The van der Waals surface area contributed by atoms with Crippen LogP contribution >= 0.6 is 0 Å². The van der Waals surface area contributed by atoms with Crippen molar-refractivity contribution in [3.8, 4) is 5.75 Å². The standard InChI is InChI=1S/C26H41N3O7/c1-6-13-35-26-18(14-21(30)36-26)27-24(32)19-10-8-12-29(19)25(33)22(15(2)3)28-23(31)17-9-7-11-20(34-5)16(17)4/h7,9,11,15,18-19,21-23,26,28,30-31H,6,8,10,12-14H2,1-5H3,(H,27,32)/t18-,19-,21?,22-,23?,26+/m0/s1. The van der Waals surface area contributed by atoms with Crippen LogP contribution in [0, 0.1) is 12.8 Å². The molecule has 1 aromatic carbocycles. The molecule has 0 aromatic heterocycles. The number of nitrogens with one attached hydrogen (secondary N) is 2. The lowest BCUT2D eigenvalue weighted by Gasteiger charge is -2.33. The van der Waals surface area contributed by atoms with Gasteiger partial charge in [-0.15, -0.1) is 0 Å². The summed E-state index contributed by atoms with van der Waals surface area (Å²) in [5, 5.41) is 26.8. The third kappa shape index (κ3) is 6.54. The minimum atomic E-state index is -1.08. The van der Waals surface area contributed by atoms with Gasteiger partial charge in [0.2, 0.25) is 11.8 Å². The van der Waals surface area contributed by atoms with E-state index in [1.807, 2.05) is 33.8 Å². The Balaban J connectivity index is 1.69. The summed E-state index contributed by atoms with van der Waals surface area (Å²) in [6, 6.07) is 3.57. The van der Waals surface area contributed by atoms with Gasteiger partial charge in [0.25, 0.3) is 0 Å². The number of carbonyl (C=O) groups excluding carboxylic acids is 2. The van der Waals surface area contributed by atoms with Gasteiger partial charge in [-0.3, -0.25) is 14.9 Å². The van der Waals surface area contributed by atoms with Crippen LogP contribution in [0.15, 0.2) is 18.2 Å². The van der Waals surface area contributed by atoms with E-state index in [-0.39, 0.29) is 24.2 Å². The minimum absolute atomic E-state index is 0.132. The summed E-state index contributed by atoms with van der Waals surface area (Å²) in [4.78, 5) is 28.4. The molecule has 10 nitrogen and oxygen atoms in total. The van der Waals surface area contributed by atoms with E-state index in [0.29, 0.717) is 37.3 Å². The summed E-state index contributed by atoms with van der Waals surface area (Å²) >= 11 is 0. The number of rotatable bonds is 11. The predicted molar refractivity (Wildman–Crippen MR) is 133 cm³/mol. The van der Waals surface area contributed by atoms with Crippen LogP contribution in [0.3, 0.4) is 0 Å². The number of benzene rings is 1. The fourth-order valence-electron chi connectivity index (χ4n) is 4.87. The number of methoxy groups -OCH3 is 1. The largest absolute Gasteiger partial charge is 0.496 e. The Morgan fingerprint density at radius 1 is 1.31 bits per heavy atom. The first-order valence-electron chi connectivity index (χ1n) is 12.8. The van der Waals surface area contributed by atoms with Crippen LogP contribution in [0.2, 0.25) is 0 Å². The van der Waals surface area contributed by atoms with Gasteiger partial charge in [-0.25, -0.2) is 0 Å². The van der Waals surface area contributed by atoms with Gasteiger partial charge in [-0.05, 0) is 43.7 Å². The Morgan fingerprint density at radius 2 is 2.06 bits per heavy atom. The van der Waals surface area contributed by atoms with Gasteiger partial charge in [-0.2, -0.15) is 0 Å². The molecule has 2 heterocycles. The molecule has 6 atom stereocenters. The summed E-state index contributed by atoms with van der Waals surface area (Å²) in [6.45, 7) is 8.53. The zero-order valence-electron chi connectivity index (χ0n) is 21.9. The molecule has 36 heavy (non-hydrogen) atoms. The number of hydrogen-bond acceptors (Lipinski definition) is 8. The molecule has 4 N–H and O–H groups in total. The van der Waals surface area contributed by atoms with Crippen LogP contribution < -0.4 is 15.4 Å². The van der Waals surface area contributed by atoms with Crippen molar-refractivity contribution in [2.24, 2.45) is 5.92 Å². The number of aliphatic hydroxyl groups excluding tert-OH is 2. The highest BCUT2D eigenvalue weighted by Gasteiger charge is 2.42. The molecule has 2 saturated heterocycles. The Bertz CT molecular complexity index is 896. The van der Waals surface area contributed by atoms with E-state index in [1.54, 1.807) is 24.1 Å². The first kappa shape index (κ1) is 28.3. The molecule has 1 aromatic rings. The lowest BCUT2D eigenvalue weighted by atomic mass is 10.00. The van der Waals surface area contributed by atoms with Crippen molar-refractivity contribution in [2.75, 3.05) is 20.3 Å². The molecule has 0 spiro atoms. The van der Waals surface area contributed by atoms with Crippen LogP contribution in [0.4, 0.5) is 0 Å². The fraction of sp³-hybridized carbons (Fsp3) is 0.692. The van der Waals surface area contributed by atoms with E-state index in [4.69, 9.17) is 14.2 Å². The summed E-state index contributed by atoms with van der Waals surface area (Å²) in [5.74, 6) is -0.00376. The SMILES string of the molecule is CCCO[C@@H]1OC(O)C[C@@H]1NC(=O)[C@@H]1CCCN1C(=O)[C@@H](NC(O)c1cccc(OC)c1C)C(C)C. The number of ether oxygens (including phenoxy) is 3. The number of hydrogen-bond donors (Lipinski definition) is 4. The number of likely N-dealkylation sites (tertiary alicyclic amines) is 1. The second kappa shape index (κ2) is 12.8. The molecule has 10 heteroatoms. The second-order valence-electron chi connectivity index (χ2n) is 9.84. The molecule has 2 aliphatic heterocycles. The van der Waals surface area contributed by atoms with E-state index >= 15 is 0 Å². The summed E-state index contributed by atoms with van der Waals surface area (Å²) < 4.78 is 16.4. The van der Waals surface area contributed by atoms with Crippen molar-refractivity contribution in [2.45, 2.75) is 90.3 Å². The lowest BCUT2D eigenvalue weighted by Crippen LogP contribution is -2.56. The van der Waals surface area contributed by atoms with Crippen LogP contribution in [0.25, 0.3) is 0 Å².